The molecule has 0 fully saturated rings. The number of amides is 1. The number of hydrogen-bond acceptors (Lipinski definition) is 2. The summed E-state index contributed by atoms with van der Waals surface area (Å²) >= 11 is 3.40. The zero-order chi connectivity index (χ0) is 14.5. The van der Waals surface area contributed by atoms with E-state index in [1.54, 1.807) is 0 Å². The van der Waals surface area contributed by atoms with Crippen LogP contribution in [0.15, 0.2) is 53.0 Å². The van der Waals surface area contributed by atoms with E-state index in [0.29, 0.717) is 0 Å². The lowest BCUT2D eigenvalue weighted by Crippen LogP contribution is -2.22. The third-order valence-corrected chi connectivity index (χ3v) is 3.52. The van der Waals surface area contributed by atoms with Crippen LogP contribution >= 0.6 is 15.9 Å². The number of halogens is 1. The van der Waals surface area contributed by atoms with Crippen LogP contribution in [0.3, 0.4) is 0 Å². The van der Waals surface area contributed by atoms with Crippen molar-refractivity contribution in [3.05, 3.63) is 64.1 Å². The highest BCUT2D eigenvalue weighted by Gasteiger charge is 2.20. The molecule has 0 aliphatic rings. The first-order valence-electron chi connectivity index (χ1n) is 6.26. The maximum Gasteiger partial charge on any atom is 0.258 e. The molecule has 1 atom stereocenters. The van der Waals surface area contributed by atoms with Gasteiger partial charge in [0.2, 0.25) is 0 Å². The highest BCUT2D eigenvalue weighted by molar-refractivity contribution is 9.10. The summed E-state index contributed by atoms with van der Waals surface area (Å²) < 4.78 is 6.30. The molecule has 0 heterocycles. The SMILES string of the molecule is COC(C(=O)Nc1ccc(Br)cc1C)c1ccccc1. The number of methoxy groups -OCH3 is 1. The number of aryl methyl sites for hydroxylation is 1. The Bertz CT molecular complexity index is 599. The van der Waals surface area contributed by atoms with Gasteiger partial charge in [-0.15, -0.1) is 0 Å². The largest absolute Gasteiger partial charge is 0.367 e. The van der Waals surface area contributed by atoms with E-state index >= 15 is 0 Å². The maximum atomic E-state index is 12.3. The second kappa shape index (κ2) is 6.68. The lowest BCUT2D eigenvalue weighted by atomic mass is 10.1. The van der Waals surface area contributed by atoms with E-state index in [1.165, 1.54) is 7.11 Å². The second-order valence-electron chi connectivity index (χ2n) is 4.47. The lowest BCUT2D eigenvalue weighted by molar-refractivity contribution is -0.126. The van der Waals surface area contributed by atoms with E-state index in [0.717, 1.165) is 21.3 Å². The van der Waals surface area contributed by atoms with Crippen molar-refractivity contribution in [2.75, 3.05) is 12.4 Å². The summed E-state index contributed by atoms with van der Waals surface area (Å²) in [6.07, 6.45) is -0.612. The molecule has 20 heavy (non-hydrogen) atoms. The topological polar surface area (TPSA) is 38.3 Å². The standard InChI is InChI=1S/C16H16BrNO2/c1-11-10-13(17)8-9-14(11)18-16(19)15(20-2)12-6-4-3-5-7-12/h3-10,15H,1-2H3,(H,18,19). The molecule has 2 aromatic rings. The normalized spacial score (nSPS) is 11.9. The molecule has 4 heteroatoms. The van der Waals surface area contributed by atoms with E-state index in [-0.39, 0.29) is 5.91 Å². The molecule has 0 bridgehead atoms. The monoisotopic (exact) mass is 333 g/mol. The number of hydrogen-bond donors (Lipinski definition) is 1. The van der Waals surface area contributed by atoms with Gasteiger partial charge < -0.3 is 10.1 Å². The van der Waals surface area contributed by atoms with Gasteiger partial charge in [0.05, 0.1) is 0 Å². The summed E-state index contributed by atoms with van der Waals surface area (Å²) in [6.45, 7) is 1.95. The minimum atomic E-state index is -0.612. The third-order valence-electron chi connectivity index (χ3n) is 3.02. The van der Waals surface area contributed by atoms with Crippen molar-refractivity contribution in [3.8, 4) is 0 Å². The molecule has 0 saturated heterocycles. The molecule has 0 aliphatic carbocycles. The Labute approximate surface area is 127 Å². The predicted molar refractivity (Wildman–Crippen MR) is 83.7 cm³/mol. The Kier molecular flexibility index (Phi) is 4.93. The molecule has 2 aromatic carbocycles. The van der Waals surface area contributed by atoms with Gasteiger partial charge in [0.15, 0.2) is 6.10 Å². The minimum Gasteiger partial charge on any atom is -0.367 e. The Morgan fingerprint density at radius 3 is 2.50 bits per heavy atom. The van der Waals surface area contributed by atoms with Gasteiger partial charge in [-0.1, -0.05) is 46.3 Å². The highest BCUT2D eigenvalue weighted by atomic mass is 79.9. The maximum absolute atomic E-state index is 12.3. The van der Waals surface area contributed by atoms with E-state index < -0.39 is 6.10 Å². The van der Waals surface area contributed by atoms with Crippen LogP contribution in [0.25, 0.3) is 0 Å². The fraction of sp³-hybridized carbons (Fsp3) is 0.188. The number of nitrogens with one attached hydrogen (secondary N) is 1. The van der Waals surface area contributed by atoms with Crippen LogP contribution in [0, 0.1) is 6.92 Å². The van der Waals surface area contributed by atoms with Gasteiger partial charge in [-0.3, -0.25) is 4.79 Å². The van der Waals surface area contributed by atoms with Gasteiger partial charge in [-0.05, 0) is 36.2 Å². The summed E-state index contributed by atoms with van der Waals surface area (Å²) in [5.41, 5.74) is 2.62. The van der Waals surface area contributed by atoms with Gasteiger partial charge in [0.1, 0.15) is 0 Å². The molecule has 0 radical (unpaired) electrons. The van der Waals surface area contributed by atoms with E-state index in [1.807, 2.05) is 55.5 Å². The second-order valence-corrected chi connectivity index (χ2v) is 5.39. The Morgan fingerprint density at radius 2 is 1.90 bits per heavy atom. The number of rotatable bonds is 4. The first kappa shape index (κ1) is 14.8. The van der Waals surface area contributed by atoms with Crippen LogP contribution < -0.4 is 5.32 Å². The van der Waals surface area contributed by atoms with Crippen LogP contribution in [0.1, 0.15) is 17.2 Å². The summed E-state index contributed by atoms with van der Waals surface area (Å²) in [4.78, 5) is 12.3. The van der Waals surface area contributed by atoms with Crippen LogP contribution in [-0.2, 0) is 9.53 Å². The molecule has 104 valence electrons. The average Bonchev–Trinajstić information content (AvgIpc) is 2.44. The van der Waals surface area contributed by atoms with Crippen LogP contribution in [0.4, 0.5) is 5.69 Å². The predicted octanol–water partition coefficient (Wildman–Crippen LogP) is 4.08. The van der Waals surface area contributed by atoms with Crippen molar-refractivity contribution in [2.24, 2.45) is 0 Å². The van der Waals surface area contributed by atoms with Crippen molar-refractivity contribution in [2.45, 2.75) is 13.0 Å². The van der Waals surface area contributed by atoms with Crippen molar-refractivity contribution in [1.82, 2.24) is 0 Å². The zero-order valence-electron chi connectivity index (χ0n) is 11.4. The number of benzene rings is 2. The number of carbonyl (C=O) groups is 1. The Hall–Kier alpha value is -1.65. The van der Waals surface area contributed by atoms with E-state index in [9.17, 15) is 4.79 Å². The fourth-order valence-corrected chi connectivity index (χ4v) is 2.46. The summed E-state index contributed by atoms with van der Waals surface area (Å²) in [7, 11) is 1.53. The van der Waals surface area contributed by atoms with Crippen LogP contribution in [0.2, 0.25) is 0 Å². The first-order chi connectivity index (χ1) is 9.61. The first-order valence-corrected chi connectivity index (χ1v) is 7.06. The highest BCUT2D eigenvalue weighted by Crippen LogP contribution is 2.23. The molecule has 1 unspecified atom stereocenters. The van der Waals surface area contributed by atoms with Crippen molar-refractivity contribution >= 4 is 27.5 Å². The molecule has 0 aromatic heterocycles. The van der Waals surface area contributed by atoms with E-state index in [2.05, 4.69) is 21.2 Å². The molecule has 1 N–H and O–H groups in total. The van der Waals surface area contributed by atoms with Gasteiger partial charge in [-0.25, -0.2) is 0 Å². The average molecular weight is 334 g/mol. The Morgan fingerprint density at radius 1 is 1.20 bits per heavy atom. The smallest absolute Gasteiger partial charge is 0.258 e. The number of carbonyl (C=O) groups excluding carboxylic acids is 1. The van der Waals surface area contributed by atoms with E-state index in [4.69, 9.17) is 4.74 Å². The molecule has 0 spiro atoms. The van der Waals surface area contributed by atoms with Gasteiger partial charge in [-0.2, -0.15) is 0 Å². The number of anilines is 1. The molecular weight excluding hydrogens is 318 g/mol. The molecule has 2 rings (SSSR count). The zero-order valence-corrected chi connectivity index (χ0v) is 13.0. The molecule has 0 saturated carbocycles. The summed E-state index contributed by atoms with van der Waals surface area (Å²) in [5, 5.41) is 2.90. The summed E-state index contributed by atoms with van der Waals surface area (Å²) in [5.74, 6) is -0.177. The molecular formula is C16H16BrNO2. The van der Waals surface area contributed by atoms with Crippen molar-refractivity contribution in [1.29, 1.82) is 0 Å². The number of ether oxygens (including phenoxy) is 1. The van der Waals surface area contributed by atoms with Crippen molar-refractivity contribution in [3.63, 3.8) is 0 Å². The summed E-state index contributed by atoms with van der Waals surface area (Å²) in [6, 6.07) is 15.2. The Balaban J connectivity index is 2.18. The third kappa shape index (κ3) is 3.46. The fourth-order valence-electron chi connectivity index (χ4n) is 1.99. The molecule has 0 aliphatic heterocycles. The molecule has 1 amide bonds. The van der Waals surface area contributed by atoms with Crippen LogP contribution in [-0.4, -0.2) is 13.0 Å². The minimum absolute atomic E-state index is 0.177. The van der Waals surface area contributed by atoms with Crippen LogP contribution in [0.5, 0.6) is 0 Å². The quantitative estimate of drug-likeness (QED) is 0.915. The van der Waals surface area contributed by atoms with Gasteiger partial charge in [0.25, 0.3) is 5.91 Å². The van der Waals surface area contributed by atoms with Gasteiger partial charge >= 0.3 is 0 Å². The van der Waals surface area contributed by atoms with Gasteiger partial charge in [0, 0.05) is 17.3 Å². The lowest BCUT2D eigenvalue weighted by Gasteiger charge is -2.16. The van der Waals surface area contributed by atoms with Crippen molar-refractivity contribution < 1.29 is 9.53 Å². The molecule has 3 nitrogen and oxygen atoms in total.